The van der Waals surface area contributed by atoms with Crippen molar-refractivity contribution in [3.8, 4) is 11.5 Å². The van der Waals surface area contributed by atoms with Crippen molar-refractivity contribution in [1.29, 1.82) is 0 Å². The Morgan fingerprint density at radius 2 is 2.00 bits per heavy atom. The molecule has 0 radical (unpaired) electrons. The molecular formula is C17H17N5O2. The van der Waals surface area contributed by atoms with E-state index in [1.54, 1.807) is 0 Å². The zero-order chi connectivity index (χ0) is 16.4. The molecule has 0 bridgehead atoms. The van der Waals surface area contributed by atoms with Crippen molar-refractivity contribution in [1.82, 2.24) is 25.5 Å². The van der Waals surface area contributed by atoms with Crippen molar-refractivity contribution in [3.05, 3.63) is 53.4 Å². The maximum atomic E-state index is 12.2. The third-order valence-electron chi connectivity index (χ3n) is 4.06. The van der Waals surface area contributed by atoms with E-state index in [9.17, 15) is 4.79 Å². The first-order valence-corrected chi connectivity index (χ1v) is 8.03. The van der Waals surface area contributed by atoms with Gasteiger partial charge in [0.05, 0.1) is 12.2 Å². The van der Waals surface area contributed by atoms with Gasteiger partial charge in [-0.3, -0.25) is 4.79 Å². The molecule has 4 rings (SSSR count). The number of fused-ring (bicyclic) bond motifs is 1. The number of aromatic amines is 1. The van der Waals surface area contributed by atoms with E-state index in [2.05, 4.69) is 25.5 Å². The fraction of sp³-hybridized carbons (Fsp3) is 0.294. The Morgan fingerprint density at radius 3 is 2.83 bits per heavy atom. The number of carbonyl (C=O) groups excluding carboxylic acids is 1. The molecular weight excluding hydrogens is 306 g/mol. The van der Waals surface area contributed by atoms with Crippen molar-refractivity contribution >= 4 is 5.91 Å². The van der Waals surface area contributed by atoms with Crippen molar-refractivity contribution < 1.29 is 9.21 Å². The van der Waals surface area contributed by atoms with E-state index in [0.29, 0.717) is 12.4 Å². The molecule has 0 aliphatic heterocycles. The molecule has 3 aromatic rings. The van der Waals surface area contributed by atoms with Crippen LogP contribution in [0.2, 0.25) is 0 Å². The Balaban J connectivity index is 1.41. The number of carbonyl (C=O) groups is 1. The van der Waals surface area contributed by atoms with E-state index in [-0.39, 0.29) is 5.89 Å². The predicted octanol–water partition coefficient (Wildman–Crippen LogP) is 2.27. The lowest BCUT2D eigenvalue weighted by atomic mass is 10.0. The number of nitrogens with zero attached hydrogens (tertiary/aromatic N) is 3. The minimum atomic E-state index is -0.404. The van der Waals surface area contributed by atoms with Gasteiger partial charge in [-0.15, -0.1) is 10.2 Å². The van der Waals surface area contributed by atoms with Crippen LogP contribution in [-0.4, -0.2) is 26.1 Å². The predicted molar refractivity (Wildman–Crippen MR) is 86.1 cm³/mol. The standard InChI is InChI=1S/C17H17N5O2/c23-15(17-22-21-16(24-17)11-6-2-1-3-7-11)18-10-14-19-12-8-4-5-9-13(12)20-14/h1-3,6-7H,4-5,8-10H2,(H,18,23)(H,19,20). The Kier molecular flexibility index (Phi) is 3.82. The molecule has 24 heavy (non-hydrogen) atoms. The smallest absolute Gasteiger partial charge is 0.309 e. The highest BCUT2D eigenvalue weighted by molar-refractivity contribution is 5.89. The quantitative estimate of drug-likeness (QED) is 0.767. The van der Waals surface area contributed by atoms with Gasteiger partial charge in [-0.2, -0.15) is 0 Å². The van der Waals surface area contributed by atoms with E-state index in [4.69, 9.17) is 4.42 Å². The van der Waals surface area contributed by atoms with Crippen LogP contribution in [0.1, 0.15) is 40.7 Å². The third-order valence-corrected chi connectivity index (χ3v) is 4.06. The Morgan fingerprint density at radius 1 is 1.17 bits per heavy atom. The summed E-state index contributed by atoms with van der Waals surface area (Å²) < 4.78 is 5.44. The molecule has 0 saturated heterocycles. The summed E-state index contributed by atoms with van der Waals surface area (Å²) in [4.78, 5) is 20.0. The number of hydrogen-bond acceptors (Lipinski definition) is 5. The number of H-pyrrole nitrogens is 1. The summed E-state index contributed by atoms with van der Waals surface area (Å²) >= 11 is 0. The Hall–Kier alpha value is -2.96. The molecule has 7 heteroatoms. The minimum absolute atomic E-state index is 0.0508. The minimum Gasteiger partial charge on any atom is -0.412 e. The van der Waals surface area contributed by atoms with Crippen LogP contribution < -0.4 is 5.32 Å². The average Bonchev–Trinajstić information content (AvgIpc) is 3.27. The van der Waals surface area contributed by atoms with Gasteiger partial charge in [0.25, 0.3) is 0 Å². The van der Waals surface area contributed by atoms with Gasteiger partial charge in [0.1, 0.15) is 5.82 Å². The van der Waals surface area contributed by atoms with Gasteiger partial charge in [-0.25, -0.2) is 4.98 Å². The SMILES string of the molecule is O=C(NCc1nc2c([nH]1)CCCC2)c1nnc(-c2ccccc2)o1. The summed E-state index contributed by atoms with van der Waals surface area (Å²) in [5.41, 5.74) is 3.09. The molecule has 0 fully saturated rings. The zero-order valence-electron chi connectivity index (χ0n) is 13.1. The summed E-state index contributed by atoms with van der Waals surface area (Å²) in [5.74, 6) is 0.636. The molecule has 7 nitrogen and oxygen atoms in total. The lowest BCUT2D eigenvalue weighted by Crippen LogP contribution is -2.23. The van der Waals surface area contributed by atoms with Crippen LogP contribution in [-0.2, 0) is 19.4 Å². The number of aryl methyl sites for hydroxylation is 2. The topological polar surface area (TPSA) is 96.7 Å². The monoisotopic (exact) mass is 323 g/mol. The summed E-state index contributed by atoms with van der Waals surface area (Å²) in [6.45, 7) is 0.314. The fourth-order valence-corrected chi connectivity index (χ4v) is 2.85. The second-order valence-corrected chi connectivity index (χ2v) is 5.78. The summed E-state index contributed by atoms with van der Waals surface area (Å²) in [7, 11) is 0. The number of nitrogens with one attached hydrogen (secondary N) is 2. The van der Waals surface area contributed by atoms with Crippen molar-refractivity contribution in [3.63, 3.8) is 0 Å². The number of hydrogen-bond donors (Lipinski definition) is 2. The molecule has 2 heterocycles. The molecule has 122 valence electrons. The Labute approximate surface area is 138 Å². The molecule has 1 aromatic carbocycles. The highest BCUT2D eigenvalue weighted by atomic mass is 16.4. The van der Waals surface area contributed by atoms with E-state index >= 15 is 0 Å². The van der Waals surface area contributed by atoms with Crippen LogP contribution in [0.25, 0.3) is 11.5 Å². The molecule has 0 saturated carbocycles. The average molecular weight is 323 g/mol. The first kappa shape index (κ1) is 14.6. The van der Waals surface area contributed by atoms with Gasteiger partial charge in [-0.05, 0) is 37.8 Å². The molecule has 0 spiro atoms. The fourth-order valence-electron chi connectivity index (χ4n) is 2.85. The molecule has 1 aliphatic rings. The van der Waals surface area contributed by atoms with Gasteiger partial charge < -0.3 is 14.7 Å². The largest absolute Gasteiger partial charge is 0.412 e. The highest BCUT2D eigenvalue weighted by Crippen LogP contribution is 2.19. The number of rotatable bonds is 4. The first-order chi connectivity index (χ1) is 11.8. The second kappa shape index (κ2) is 6.27. The molecule has 1 aliphatic carbocycles. The lowest BCUT2D eigenvalue weighted by molar-refractivity contribution is 0.0916. The summed E-state index contributed by atoms with van der Waals surface area (Å²) in [5, 5.41) is 10.5. The van der Waals surface area contributed by atoms with Gasteiger partial charge in [0.2, 0.25) is 5.89 Å². The van der Waals surface area contributed by atoms with Gasteiger partial charge in [-0.1, -0.05) is 18.2 Å². The van der Waals surface area contributed by atoms with E-state index in [1.807, 2.05) is 30.3 Å². The van der Waals surface area contributed by atoms with Crippen LogP contribution in [0.15, 0.2) is 34.7 Å². The maximum absolute atomic E-state index is 12.2. The molecule has 0 atom stereocenters. The normalized spacial score (nSPS) is 13.5. The van der Waals surface area contributed by atoms with Crippen LogP contribution in [0, 0.1) is 0 Å². The third kappa shape index (κ3) is 2.92. The Bertz CT molecular complexity index is 830. The van der Waals surface area contributed by atoms with E-state index < -0.39 is 5.91 Å². The van der Waals surface area contributed by atoms with Gasteiger partial charge >= 0.3 is 11.8 Å². The van der Waals surface area contributed by atoms with Crippen molar-refractivity contribution in [2.75, 3.05) is 0 Å². The lowest BCUT2D eigenvalue weighted by Gasteiger charge is -2.07. The first-order valence-electron chi connectivity index (χ1n) is 8.03. The van der Waals surface area contributed by atoms with E-state index in [1.165, 1.54) is 18.5 Å². The molecule has 0 unspecified atom stereocenters. The van der Waals surface area contributed by atoms with Gasteiger partial charge in [0, 0.05) is 11.3 Å². The zero-order valence-corrected chi connectivity index (χ0v) is 13.1. The van der Waals surface area contributed by atoms with Crippen LogP contribution in [0.5, 0.6) is 0 Å². The number of benzene rings is 1. The maximum Gasteiger partial charge on any atom is 0.309 e. The molecule has 1 amide bonds. The molecule has 2 aromatic heterocycles. The number of aromatic nitrogens is 4. The van der Waals surface area contributed by atoms with Crippen LogP contribution in [0.4, 0.5) is 0 Å². The molecule has 2 N–H and O–H groups in total. The van der Waals surface area contributed by atoms with Gasteiger partial charge in [0.15, 0.2) is 0 Å². The van der Waals surface area contributed by atoms with Crippen LogP contribution in [0.3, 0.4) is 0 Å². The van der Waals surface area contributed by atoms with E-state index in [0.717, 1.165) is 29.9 Å². The van der Waals surface area contributed by atoms with Crippen LogP contribution >= 0.6 is 0 Å². The second-order valence-electron chi connectivity index (χ2n) is 5.78. The highest BCUT2D eigenvalue weighted by Gasteiger charge is 2.18. The number of imidazole rings is 1. The van der Waals surface area contributed by atoms with Crippen molar-refractivity contribution in [2.45, 2.75) is 32.2 Å². The number of amides is 1. The summed E-state index contributed by atoms with van der Waals surface area (Å²) in [6, 6.07) is 9.34. The summed E-state index contributed by atoms with van der Waals surface area (Å²) in [6.07, 6.45) is 4.39. The van der Waals surface area contributed by atoms with Crippen molar-refractivity contribution in [2.24, 2.45) is 0 Å².